The van der Waals surface area contributed by atoms with Crippen molar-refractivity contribution in [3.63, 3.8) is 0 Å². The van der Waals surface area contributed by atoms with Crippen LogP contribution in [0.5, 0.6) is 0 Å². The van der Waals surface area contributed by atoms with Gasteiger partial charge in [0, 0.05) is 19.6 Å². The lowest BCUT2D eigenvalue weighted by Crippen LogP contribution is -2.55. The number of hydrogen-bond acceptors (Lipinski definition) is 3. The van der Waals surface area contributed by atoms with E-state index in [0.717, 1.165) is 0 Å². The highest BCUT2D eigenvalue weighted by Gasteiger charge is 2.17. The molecule has 0 bridgehead atoms. The Bertz CT molecular complexity index is 70.9. The van der Waals surface area contributed by atoms with E-state index in [-0.39, 0.29) is 5.54 Å². The van der Waals surface area contributed by atoms with E-state index in [0.29, 0.717) is 0 Å². The molecule has 3 heteroatoms. The van der Waals surface area contributed by atoms with Crippen LogP contribution in [0.3, 0.4) is 0 Å². The van der Waals surface area contributed by atoms with Crippen molar-refractivity contribution in [2.24, 2.45) is 0 Å². The summed E-state index contributed by atoms with van der Waals surface area (Å²) in [5, 5.41) is 1.94. The van der Waals surface area contributed by atoms with Crippen LogP contribution in [0.2, 0.25) is 0 Å². The summed E-state index contributed by atoms with van der Waals surface area (Å²) in [6, 6.07) is 0. The number of hydrazine groups is 2. The van der Waals surface area contributed by atoms with E-state index < -0.39 is 0 Å². The van der Waals surface area contributed by atoms with E-state index in [4.69, 9.17) is 0 Å². The van der Waals surface area contributed by atoms with Gasteiger partial charge in [0.25, 0.3) is 0 Å². The van der Waals surface area contributed by atoms with Crippen molar-refractivity contribution >= 4 is 0 Å². The Balaban J connectivity index is 3.79. The topological polar surface area (TPSA) is 27.3 Å². The van der Waals surface area contributed by atoms with Crippen LogP contribution in [0.25, 0.3) is 0 Å². The van der Waals surface area contributed by atoms with Gasteiger partial charge in [-0.15, -0.1) is 0 Å². The predicted octanol–water partition coefficient (Wildman–Crippen LogP) is 0.356. The summed E-state index contributed by atoms with van der Waals surface area (Å²) in [5.74, 6) is 0. The van der Waals surface area contributed by atoms with Gasteiger partial charge < -0.3 is 0 Å². The first-order chi connectivity index (χ1) is 4.02. The summed E-state index contributed by atoms with van der Waals surface area (Å²) in [7, 11) is 3.78. The van der Waals surface area contributed by atoms with Crippen LogP contribution in [-0.2, 0) is 0 Å². The largest absolute Gasteiger partial charge is 0.244 e. The van der Waals surface area contributed by atoms with Crippen LogP contribution in [0, 0.1) is 0 Å². The Morgan fingerprint density at radius 3 is 1.33 bits per heavy atom. The van der Waals surface area contributed by atoms with Crippen molar-refractivity contribution in [1.29, 1.82) is 0 Å². The second kappa shape index (κ2) is 3.15. The average Bonchev–Trinajstić information content (AvgIpc) is 1.65. The van der Waals surface area contributed by atoms with Crippen LogP contribution in [-0.4, -0.2) is 24.8 Å². The summed E-state index contributed by atoms with van der Waals surface area (Å²) >= 11 is 0. The minimum Gasteiger partial charge on any atom is -0.244 e. The molecule has 0 aromatic rings. The first-order valence-corrected chi connectivity index (χ1v) is 3.17. The molecule has 0 aromatic heterocycles. The zero-order valence-corrected chi connectivity index (χ0v) is 6.95. The van der Waals surface area contributed by atoms with E-state index in [1.165, 1.54) is 0 Å². The zero-order valence-electron chi connectivity index (χ0n) is 6.95. The highest BCUT2D eigenvalue weighted by Crippen LogP contribution is 2.05. The zero-order chi connectivity index (χ0) is 7.49. The highest BCUT2D eigenvalue weighted by molar-refractivity contribution is 4.67. The monoisotopic (exact) mass is 131 g/mol. The number of rotatable bonds is 2. The summed E-state index contributed by atoms with van der Waals surface area (Å²) in [6.45, 7) is 6.38. The Morgan fingerprint density at radius 1 is 1.00 bits per heavy atom. The fourth-order valence-electron chi connectivity index (χ4n) is 0.783. The molecule has 3 nitrogen and oxygen atoms in total. The smallest absolute Gasteiger partial charge is 0.0425 e. The summed E-state index contributed by atoms with van der Waals surface area (Å²) in [6.07, 6.45) is 0. The van der Waals surface area contributed by atoms with Gasteiger partial charge in [-0.05, 0) is 20.8 Å². The third-order valence-electron chi connectivity index (χ3n) is 1.12. The van der Waals surface area contributed by atoms with Crippen molar-refractivity contribution < 1.29 is 0 Å². The molecule has 0 atom stereocenters. The molecule has 0 aliphatic heterocycles. The first kappa shape index (κ1) is 8.88. The van der Waals surface area contributed by atoms with Gasteiger partial charge >= 0.3 is 0 Å². The molecule has 0 rings (SSSR count). The Labute approximate surface area is 57.4 Å². The molecular weight excluding hydrogens is 114 g/mol. The Morgan fingerprint density at radius 2 is 1.33 bits per heavy atom. The molecule has 0 aliphatic rings. The molecule has 0 spiro atoms. The van der Waals surface area contributed by atoms with Gasteiger partial charge in [-0.3, -0.25) is 0 Å². The Kier molecular flexibility index (Phi) is 3.11. The fourth-order valence-corrected chi connectivity index (χ4v) is 0.783. The van der Waals surface area contributed by atoms with Crippen LogP contribution in [0.1, 0.15) is 20.8 Å². The SMILES string of the molecule is CNN(NC)C(C)(C)C. The number of nitrogens with zero attached hydrogens (tertiary/aromatic N) is 1. The van der Waals surface area contributed by atoms with Gasteiger partial charge in [0.2, 0.25) is 0 Å². The summed E-state index contributed by atoms with van der Waals surface area (Å²) < 4.78 is 0. The van der Waals surface area contributed by atoms with Gasteiger partial charge in [-0.1, -0.05) is 0 Å². The van der Waals surface area contributed by atoms with E-state index in [2.05, 4.69) is 31.6 Å². The molecular formula is C6H17N3. The number of hydrogen-bond donors (Lipinski definition) is 2. The normalized spacial score (nSPS) is 12.7. The predicted molar refractivity (Wildman–Crippen MR) is 39.7 cm³/mol. The lowest BCUT2D eigenvalue weighted by molar-refractivity contribution is 0.0357. The fraction of sp³-hybridized carbons (Fsp3) is 1.00. The third kappa shape index (κ3) is 2.79. The molecule has 0 heterocycles. The maximum Gasteiger partial charge on any atom is 0.0425 e. The first-order valence-electron chi connectivity index (χ1n) is 3.17. The quantitative estimate of drug-likeness (QED) is 0.530. The van der Waals surface area contributed by atoms with Crippen LogP contribution < -0.4 is 10.9 Å². The van der Waals surface area contributed by atoms with Crippen LogP contribution in [0.15, 0.2) is 0 Å². The lowest BCUT2D eigenvalue weighted by Gasteiger charge is -2.33. The minimum atomic E-state index is 0.128. The maximum absolute atomic E-state index is 3.01. The standard InChI is InChI=1S/C6H17N3/c1-6(2,3)9(7-4)8-5/h7-8H,1-5H3. The summed E-state index contributed by atoms with van der Waals surface area (Å²) in [4.78, 5) is 0. The van der Waals surface area contributed by atoms with Crippen molar-refractivity contribution in [2.75, 3.05) is 14.1 Å². The lowest BCUT2D eigenvalue weighted by atomic mass is 10.1. The number of nitrogens with one attached hydrogen (secondary N) is 2. The van der Waals surface area contributed by atoms with Crippen LogP contribution in [0.4, 0.5) is 0 Å². The van der Waals surface area contributed by atoms with Gasteiger partial charge in [-0.25, -0.2) is 10.9 Å². The van der Waals surface area contributed by atoms with E-state index in [9.17, 15) is 0 Å². The van der Waals surface area contributed by atoms with Crippen molar-refractivity contribution in [3.8, 4) is 0 Å². The molecule has 0 saturated carbocycles. The molecule has 0 aliphatic carbocycles. The maximum atomic E-state index is 3.01. The molecule has 2 N–H and O–H groups in total. The van der Waals surface area contributed by atoms with Crippen LogP contribution >= 0.6 is 0 Å². The minimum absolute atomic E-state index is 0.128. The van der Waals surface area contributed by atoms with Crippen molar-refractivity contribution in [1.82, 2.24) is 16.0 Å². The van der Waals surface area contributed by atoms with E-state index >= 15 is 0 Å². The summed E-state index contributed by atoms with van der Waals surface area (Å²) in [5.41, 5.74) is 6.16. The molecule has 0 radical (unpaired) electrons. The second-order valence-corrected chi connectivity index (χ2v) is 2.95. The molecule has 9 heavy (non-hydrogen) atoms. The average molecular weight is 131 g/mol. The highest BCUT2D eigenvalue weighted by atomic mass is 15.7. The van der Waals surface area contributed by atoms with Gasteiger partial charge in [-0.2, -0.15) is 5.12 Å². The molecule has 0 fully saturated rings. The third-order valence-corrected chi connectivity index (χ3v) is 1.12. The second-order valence-electron chi connectivity index (χ2n) is 2.95. The molecule has 0 unspecified atom stereocenters. The van der Waals surface area contributed by atoms with E-state index in [1.807, 2.05) is 19.2 Å². The molecule has 56 valence electrons. The van der Waals surface area contributed by atoms with Gasteiger partial charge in [0.05, 0.1) is 0 Å². The van der Waals surface area contributed by atoms with Crippen molar-refractivity contribution in [2.45, 2.75) is 26.3 Å². The van der Waals surface area contributed by atoms with Gasteiger partial charge in [0.1, 0.15) is 0 Å². The van der Waals surface area contributed by atoms with E-state index in [1.54, 1.807) is 0 Å². The Hall–Kier alpha value is -0.120. The van der Waals surface area contributed by atoms with Crippen molar-refractivity contribution in [3.05, 3.63) is 0 Å². The van der Waals surface area contributed by atoms with Gasteiger partial charge in [0.15, 0.2) is 0 Å². The molecule has 0 saturated heterocycles. The molecule has 0 amide bonds. The molecule has 0 aromatic carbocycles.